The van der Waals surface area contributed by atoms with Crippen LogP contribution in [-0.2, 0) is 19.6 Å². The Kier molecular flexibility index (Phi) is 6.62. The van der Waals surface area contributed by atoms with Crippen molar-refractivity contribution in [3.63, 3.8) is 0 Å². The second kappa shape index (κ2) is 8.29. The molecule has 138 valence electrons. The zero-order chi connectivity index (χ0) is 17.7. The Labute approximate surface area is 145 Å². The van der Waals surface area contributed by atoms with Gasteiger partial charge in [-0.1, -0.05) is 13.3 Å². The van der Waals surface area contributed by atoms with E-state index in [1.54, 1.807) is 16.1 Å². The predicted molar refractivity (Wildman–Crippen MR) is 91.8 cm³/mol. The van der Waals surface area contributed by atoms with Gasteiger partial charge in [-0.25, -0.2) is 12.7 Å². The molecule has 2 amide bonds. The van der Waals surface area contributed by atoms with Crippen molar-refractivity contribution in [3.8, 4) is 0 Å². The number of nitrogens with zero attached hydrogens (tertiary/aromatic N) is 3. The maximum atomic E-state index is 12.6. The van der Waals surface area contributed by atoms with Crippen LogP contribution in [0.15, 0.2) is 0 Å². The summed E-state index contributed by atoms with van der Waals surface area (Å²) in [7, 11) is -3.17. The minimum Gasteiger partial charge on any atom is -0.339 e. The fourth-order valence-electron chi connectivity index (χ4n) is 3.34. The average molecular weight is 359 g/mol. The number of unbranched alkanes of at least 4 members (excludes halogenated alkanes) is 1. The molecule has 0 aromatic carbocycles. The van der Waals surface area contributed by atoms with Crippen molar-refractivity contribution < 1.29 is 18.0 Å². The molecule has 7 nitrogen and oxygen atoms in total. The van der Waals surface area contributed by atoms with E-state index < -0.39 is 10.0 Å². The van der Waals surface area contributed by atoms with Gasteiger partial charge in [0.05, 0.1) is 5.75 Å². The van der Waals surface area contributed by atoms with Gasteiger partial charge in [0.25, 0.3) is 0 Å². The molecule has 0 N–H and O–H groups in total. The third-order valence-electron chi connectivity index (χ3n) is 4.99. The van der Waals surface area contributed by atoms with Gasteiger partial charge in [0, 0.05) is 52.1 Å². The van der Waals surface area contributed by atoms with Crippen molar-refractivity contribution in [2.75, 3.05) is 45.0 Å². The van der Waals surface area contributed by atoms with E-state index in [0.717, 1.165) is 6.42 Å². The zero-order valence-corrected chi connectivity index (χ0v) is 15.6. The second-order valence-corrected chi connectivity index (χ2v) is 8.76. The summed E-state index contributed by atoms with van der Waals surface area (Å²) in [6.07, 6.45) is 2.73. The van der Waals surface area contributed by atoms with E-state index in [9.17, 15) is 18.0 Å². The van der Waals surface area contributed by atoms with Crippen molar-refractivity contribution in [2.45, 2.75) is 39.5 Å². The normalized spacial score (nSPS) is 21.1. The molecule has 0 atom stereocenters. The summed E-state index contributed by atoms with van der Waals surface area (Å²) in [5, 5.41) is 0. The van der Waals surface area contributed by atoms with Crippen LogP contribution in [-0.4, -0.2) is 79.4 Å². The van der Waals surface area contributed by atoms with Crippen molar-refractivity contribution in [3.05, 3.63) is 0 Å². The Morgan fingerprint density at radius 2 is 1.50 bits per heavy atom. The predicted octanol–water partition coefficient (Wildman–Crippen LogP) is 0.519. The van der Waals surface area contributed by atoms with Gasteiger partial charge >= 0.3 is 0 Å². The summed E-state index contributed by atoms with van der Waals surface area (Å²) in [5.74, 6) is 0.276. The van der Waals surface area contributed by atoms with Gasteiger partial charge in [-0.3, -0.25) is 9.59 Å². The van der Waals surface area contributed by atoms with E-state index in [1.807, 2.05) is 11.8 Å². The number of piperidine rings is 1. The molecule has 2 fully saturated rings. The first-order valence-electron chi connectivity index (χ1n) is 8.87. The molecular weight excluding hydrogens is 330 g/mol. The van der Waals surface area contributed by atoms with Gasteiger partial charge < -0.3 is 9.80 Å². The highest BCUT2D eigenvalue weighted by Crippen LogP contribution is 2.23. The molecule has 0 saturated carbocycles. The van der Waals surface area contributed by atoms with Crippen LogP contribution >= 0.6 is 0 Å². The van der Waals surface area contributed by atoms with Crippen molar-refractivity contribution in [1.82, 2.24) is 14.1 Å². The Morgan fingerprint density at radius 3 is 2.00 bits per heavy atom. The van der Waals surface area contributed by atoms with Gasteiger partial charge in [-0.15, -0.1) is 0 Å². The molecule has 2 aliphatic rings. The number of sulfonamides is 1. The van der Waals surface area contributed by atoms with E-state index in [0.29, 0.717) is 58.5 Å². The maximum absolute atomic E-state index is 12.6. The highest BCUT2D eigenvalue weighted by atomic mass is 32.2. The third-order valence-corrected chi connectivity index (χ3v) is 6.95. The molecule has 2 aliphatic heterocycles. The average Bonchev–Trinajstić information content (AvgIpc) is 2.59. The van der Waals surface area contributed by atoms with Crippen LogP contribution in [0.2, 0.25) is 0 Å². The van der Waals surface area contributed by atoms with Crippen LogP contribution < -0.4 is 0 Å². The monoisotopic (exact) mass is 359 g/mol. The van der Waals surface area contributed by atoms with Crippen molar-refractivity contribution in [2.24, 2.45) is 5.92 Å². The Hall–Kier alpha value is -1.15. The molecule has 2 heterocycles. The lowest BCUT2D eigenvalue weighted by molar-refractivity contribution is -0.142. The zero-order valence-electron chi connectivity index (χ0n) is 14.7. The smallest absolute Gasteiger partial charge is 0.225 e. The Morgan fingerprint density at radius 1 is 0.958 bits per heavy atom. The molecule has 0 unspecified atom stereocenters. The van der Waals surface area contributed by atoms with E-state index >= 15 is 0 Å². The Balaban J connectivity index is 1.82. The van der Waals surface area contributed by atoms with E-state index in [4.69, 9.17) is 0 Å². The Bertz CT molecular complexity index is 548. The minimum atomic E-state index is -3.17. The highest BCUT2D eigenvalue weighted by molar-refractivity contribution is 7.89. The first-order chi connectivity index (χ1) is 11.3. The summed E-state index contributed by atoms with van der Waals surface area (Å²) in [6.45, 7) is 6.74. The SMILES string of the molecule is CCCCS(=O)(=O)N1CCC(C(=O)N2CCN(C(C)=O)CC2)CC1. The topological polar surface area (TPSA) is 78.0 Å². The van der Waals surface area contributed by atoms with Gasteiger partial charge in [0.15, 0.2) is 0 Å². The first-order valence-corrected chi connectivity index (χ1v) is 10.5. The third kappa shape index (κ3) is 4.69. The lowest BCUT2D eigenvalue weighted by Crippen LogP contribution is -2.52. The maximum Gasteiger partial charge on any atom is 0.225 e. The number of carbonyl (C=O) groups is 2. The molecule has 0 radical (unpaired) electrons. The van der Waals surface area contributed by atoms with Gasteiger partial charge in [-0.2, -0.15) is 0 Å². The molecular formula is C16H29N3O4S. The van der Waals surface area contributed by atoms with E-state index in [-0.39, 0.29) is 23.5 Å². The van der Waals surface area contributed by atoms with Crippen LogP contribution in [0.4, 0.5) is 0 Å². The summed E-state index contributed by atoms with van der Waals surface area (Å²) in [6, 6.07) is 0. The number of hydrogen-bond acceptors (Lipinski definition) is 4. The fraction of sp³-hybridized carbons (Fsp3) is 0.875. The molecule has 2 saturated heterocycles. The number of rotatable bonds is 5. The molecule has 0 bridgehead atoms. The molecule has 0 aromatic rings. The minimum absolute atomic E-state index is 0.0488. The molecule has 2 rings (SSSR count). The summed E-state index contributed by atoms with van der Waals surface area (Å²) < 4.78 is 26.0. The number of piperazine rings is 1. The lowest BCUT2D eigenvalue weighted by atomic mass is 9.96. The van der Waals surface area contributed by atoms with Gasteiger partial charge in [0.2, 0.25) is 21.8 Å². The lowest BCUT2D eigenvalue weighted by Gasteiger charge is -2.38. The first kappa shape index (κ1) is 19.2. The molecule has 0 aliphatic carbocycles. The van der Waals surface area contributed by atoms with E-state index in [1.165, 1.54) is 0 Å². The van der Waals surface area contributed by atoms with Crippen LogP contribution in [0, 0.1) is 5.92 Å². The largest absolute Gasteiger partial charge is 0.339 e. The van der Waals surface area contributed by atoms with Crippen molar-refractivity contribution >= 4 is 21.8 Å². The van der Waals surface area contributed by atoms with E-state index in [2.05, 4.69) is 0 Å². The quantitative estimate of drug-likeness (QED) is 0.717. The molecule has 0 spiro atoms. The highest BCUT2D eigenvalue weighted by Gasteiger charge is 2.33. The second-order valence-electron chi connectivity index (χ2n) is 6.67. The molecule has 8 heteroatoms. The molecule has 24 heavy (non-hydrogen) atoms. The van der Waals surface area contributed by atoms with Crippen LogP contribution in [0.3, 0.4) is 0 Å². The van der Waals surface area contributed by atoms with Gasteiger partial charge in [0.1, 0.15) is 0 Å². The number of amides is 2. The summed E-state index contributed by atoms with van der Waals surface area (Å²) in [5.41, 5.74) is 0. The summed E-state index contributed by atoms with van der Waals surface area (Å²) in [4.78, 5) is 27.5. The summed E-state index contributed by atoms with van der Waals surface area (Å²) >= 11 is 0. The van der Waals surface area contributed by atoms with Crippen molar-refractivity contribution in [1.29, 1.82) is 0 Å². The van der Waals surface area contributed by atoms with Crippen LogP contribution in [0.1, 0.15) is 39.5 Å². The van der Waals surface area contributed by atoms with Gasteiger partial charge in [-0.05, 0) is 19.3 Å². The fourth-order valence-corrected chi connectivity index (χ4v) is 5.02. The standard InChI is InChI=1S/C16H29N3O4S/c1-3-4-13-24(22,23)19-7-5-15(6-8-19)16(21)18-11-9-17(10-12-18)14(2)20/h15H,3-13H2,1-2H3. The number of carbonyl (C=O) groups excluding carboxylic acids is 2. The van der Waals surface area contributed by atoms with Crippen LogP contribution in [0.25, 0.3) is 0 Å². The van der Waals surface area contributed by atoms with Crippen LogP contribution in [0.5, 0.6) is 0 Å². The number of hydrogen-bond donors (Lipinski definition) is 0. The molecule has 0 aromatic heterocycles.